The van der Waals surface area contributed by atoms with Crippen molar-refractivity contribution in [3.63, 3.8) is 0 Å². The van der Waals surface area contributed by atoms with E-state index < -0.39 is 10.9 Å². The summed E-state index contributed by atoms with van der Waals surface area (Å²) in [5, 5.41) is 12.8. The Balaban J connectivity index is 1.48. The SMILES string of the molecule is O=C(COc1ccc([N+](=O)[O-])cc1)Oc1ccc2ccccc2c1CN1CCOCC1. The maximum atomic E-state index is 12.5. The lowest BCUT2D eigenvalue weighted by molar-refractivity contribution is -0.384. The van der Waals surface area contributed by atoms with Crippen LogP contribution < -0.4 is 9.47 Å². The largest absolute Gasteiger partial charge is 0.482 e. The smallest absolute Gasteiger partial charge is 0.349 e. The first kappa shape index (κ1) is 20.8. The first-order chi connectivity index (χ1) is 15.1. The molecule has 0 radical (unpaired) electrons. The second kappa shape index (κ2) is 9.55. The van der Waals surface area contributed by atoms with Crippen LogP contribution in [0.5, 0.6) is 11.5 Å². The number of benzene rings is 3. The fraction of sp³-hybridized carbons (Fsp3) is 0.261. The monoisotopic (exact) mass is 422 g/mol. The van der Waals surface area contributed by atoms with Crippen LogP contribution in [-0.4, -0.2) is 48.7 Å². The van der Waals surface area contributed by atoms with Crippen molar-refractivity contribution in [2.24, 2.45) is 0 Å². The molecule has 3 aromatic carbocycles. The molecular formula is C23H22N2O6. The first-order valence-corrected chi connectivity index (χ1v) is 9.99. The molecule has 160 valence electrons. The molecule has 0 amide bonds. The van der Waals surface area contributed by atoms with Gasteiger partial charge in [0, 0.05) is 37.3 Å². The van der Waals surface area contributed by atoms with E-state index >= 15 is 0 Å². The summed E-state index contributed by atoms with van der Waals surface area (Å²) in [6.07, 6.45) is 0. The van der Waals surface area contributed by atoms with Crippen LogP contribution in [0.3, 0.4) is 0 Å². The van der Waals surface area contributed by atoms with E-state index in [2.05, 4.69) is 4.90 Å². The molecule has 1 aliphatic heterocycles. The van der Waals surface area contributed by atoms with Crippen molar-refractivity contribution in [1.29, 1.82) is 0 Å². The van der Waals surface area contributed by atoms with Crippen molar-refractivity contribution in [3.8, 4) is 11.5 Å². The number of nitro benzene ring substituents is 1. The zero-order valence-electron chi connectivity index (χ0n) is 16.9. The van der Waals surface area contributed by atoms with Gasteiger partial charge in [0.25, 0.3) is 5.69 Å². The third-order valence-electron chi connectivity index (χ3n) is 5.11. The van der Waals surface area contributed by atoms with E-state index in [1.165, 1.54) is 24.3 Å². The van der Waals surface area contributed by atoms with E-state index in [0.29, 0.717) is 31.3 Å². The van der Waals surface area contributed by atoms with Crippen molar-refractivity contribution in [3.05, 3.63) is 76.3 Å². The van der Waals surface area contributed by atoms with Crippen molar-refractivity contribution >= 4 is 22.4 Å². The second-order valence-corrected chi connectivity index (χ2v) is 7.17. The minimum Gasteiger partial charge on any atom is -0.482 e. The molecular weight excluding hydrogens is 400 g/mol. The van der Waals surface area contributed by atoms with E-state index in [-0.39, 0.29) is 12.3 Å². The van der Waals surface area contributed by atoms with Gasteiger partial charge < -0.3 is 14.2 Å². The zero-order valence-corrected chi connectivity index (χ0v) is 16.9. The molecule has 0 aliphatic carbocycles. The van der Waals surface area contributed by atoms with E-state index in [1.54, 1.807) is 0 Å². The summed E-state index contributed by atoms with van der Waals surface area (Å²) in [4.78, 5) is 25.0. The van der Waals surface area contributed by atoms with Crippen molar-refractivity contribution in [2.45, 2.75) is 6.54 Å². The molecule has 0 spiro atoms. The van der Waals surface area contributed by atoms with E-state index in [0.717, 1.165) is 29.4 Å². The van der Waals surface area contributed by atoms with Gasteiger partial charge in [0.05, 0.1) is 18.1 Å². The van der Waals surface area contributed by atoms with Crippen molar-refractivity contribution in [1.82, 2.24) is 4.90 Å². The molecule has 0 aromatic heterocycles. The lowest BCUT2D eigenvalue weighted by atomic mass is 10.0. The minimum atomic E-state index is -0.545. The zero-order chi connectivity index (χ0) is 21.6. The summed E-state index contributed by atoms with van der Waals surface area (Å²) in [7, 11) is 0. The van der Waals surface area contributed by atoms with Gasteiger partial charge in [-0.1, -0.05) is 30.3 Å². The predicted octanol–water partition coefficient (Wildman–Crippen LogP) is 3.56. The maximum absolute atomic E-state index is 12.5. The highest BCUT2D eigenvalue weighted by Gasteiger charge is 2.18. The van der Waals surface area contributed by atoms with E-state index in [1.807, 2.05) is 36.4 Å². The van der Waals surface area contributed by atoms with Gasteiger partial charge in [0.1, 0.15) is 11.5 Å². The highest BCUT2D eigenvalue weighted by molar-refractivity contribution is 5.88. The summed E-state index contributed by atoms with van der Waals surface area (Å²) >= 11 is 0. The van der Waals surface area contributed by atoms with Gasteiger partial charge in [-0.15, -0.1) is 0 Å². The predicted molar refractivity (Wildman–Crippen MR) is 114 cm³/mol. The summed E-state index contributed by atoms with van der Waals surface area (Å²) in [6, 6.07) is 17.3. The number of rotatable bonds is 7. The fourth-order valence-electron chi connectivity index (χ4n) is 3.52. The Labute approximate surface area is 179 Å². The Kier molecular flexibility index (Phi) is 6.40. The number of nitrogens with zero attached hydrogens (tertiary/aromatic N) is 2. The molecule has 4 rings (SSSR count). The fourth-order valence-corrected chi connectivity index (χ4v) is 3.52. The number of nitro groups is 1. The molecule has 0 N–H and O–H groups in total. The Morgan fingerprint density at radius 2 is 1.77 bits per heavy atom. The van der Waals surface area contributed by atoms with Gasteiger partial charge in [-0.2, -0.15) is 0 Å². The van der Waals surface area contributed by atoms with Crippen LogP contribution in [0, 0.1) is 10.1 Å². The van der Waals surface area contributed by atoms with Gasteiger partial charge >= 0.3 is 5.97 Å². The highest BCUT2D eigenvalue weighted by atomic mass is 16.6. The lowest BCUT2D eigenvalue weighted by Gasteiger charge is -2.27. The molecule has 1 aliphatic rings. The van der Waals surface area contributed by atoms with Crippen molar-refractivity contribution < 1.29 is 23.9 Å². The van der Waals surface area contributed by atoms with Crippen molar-refractivity contribution in [2.75, 3.05) is 32.9 Å². The first-order valence-electron chi connectivity index (χ1n) is 9.99. The van der Waals surface area contributed by atoms with Crippen LogP contribution >= 0.6 is 0 Å². The molecule has 0 atom stereocenters. The lowest BCUT2D eigenvalue weighted by Crippen LogP contribution is -2.35. The minimum absolute atomic E-state index is 0.0427. The average Bonchev–Trinajstić information content (AvgIpc) is 2.80. The van der Waals surface area contributed by atoms with Gasteiger partial charge in [-0.3, -0.25) is 15.0 Å². The third kappa shape index (κ3) is 5.17. The number of morpholine rings is 1. The number of hydrogen-bond acceptors (Lipinski definition) is 7. The molecule has 1 heterocycles. The molecule has 8 nitrogen and oxygen atoms in total. The number of hydrogen-bond donors (Lipinski definition) is 0. The van der Waals surface area contributed by atoms with Gasteiger partial charge in [-0.25, -0.2) is 4.79 Å². The normalized spacial score (nSPS) is 14.3. The molecule has 1 saturated heterocycles. The molecule has 0 saturated carbocycles. The molecule has 3 aromatic rings. The van der Waals surface area contributed by atoms with Crippen LogP contribution in [0.25, 0.3) is 10.8 Å². The summed E-state index contributed by atoms with van der Waals surface area (Å²) in [5.74, 6) is 0.314. The number of fused-ring (bicyclic) bond motifs is 1. The number of esters is 1. The average molecular weight is 422 g/mol. The maximum Gasteiger partial charge on any atom is 0.349 e. The molecule has 1 fully saturated rings. The van der Waals surface area contributed by atoms with Crippen LogP contribution in [-0.2, 0) is 16.1 Å². The van der Waals surface area contributed by atoms with Crippen LogP contribution in [0.15, 0.2) is 60.7 Å². The summed E-state index contributed by atoms with van der Waals surface area (Å²) in [5.41, 5.74) is 0.905. The number of carbonyl (C=O) groups excluding carboxylic acids is 1. The number of non-ortho nitro benzene ring substituents is 1. The highest BCUT2D eigenvalue weighted by Crippen LogP contribution is 2.30. The summed E-state index contributed by atoms with van der Waals surface area (Å²) in [6.45, 7) is 3.35. The van der Waals surface area contributed by atoms with Crippen LogP contribution in [0.1, 0.15) is 5.56 Å². The third-order valence-corrected chi connectivity index (χ3v) is 5.11. The summed E-state index contributed by atoms with van der Waals surface area (Å²) < 4.78 is 16.5. The Morgan fingerprint density at radius 3 is 2.52 bits per heavy atom. The number of ether oxygens (including phenoxy) is 3. The van der Waals surface area contributed by atoms with Crippen LogP contribution in [0.2, 0.25) is 0 Å². The van der Waals surface area contributed by atoms with Gasteiger partial charge in [0.15, 0.2) is 6.61 Å². The van der Waals surface area contributed by atoms with E-state index in [4.69, 9.17) is 14.2 Å². The Hall–Kier alpha value is -3.49. The van der Waals surface area contributed by atoms with Gasteiger partial charge in [-0.05, 0) is 29.0 Å². The Morgan fingerprint density at radius 1 is 1.03 bits per heavy atom. The molecule has 0 bridgehead atoms. The van der Waals surface area contributed by atoms with E-state index in [9.17, 15) is 14.9 Å². The van der Waals surface area contributed by atoms with Crippen LogP contribution in [0.4, 0.5) is 5.69 Å². The van der Waals surface area contributed by atoms with Gasteiger partial charge in [0.2, 0.25) is 0 Å². The Bertz CT molecular complexity index is 1080. The molecule has 31 heavy (non-hydrogen) atoms. The second-order valence-electron chi connectivity index (χ2n) is 7.17. The number of carbonyl (C=O) groups is 1. The quantitative estimate of drug-likeness (QED) is 0.249. The standard InChI is InChI=1S/C23H22N2O6/c26-23(16-30-19-8-6-18(7-9-19)25(27)28)31-22-10-5-17-3-1-2-4-20(17)21(22)15-24-11-13-29-14-12-24/h1-10H,11-16H2. The molecule has 8 heteroatoms. The molecule has 0 unspecified atom stereocenters. The topological polar surface area (TPSA) is 91.1 Å².